The number of hydrogen-bond acceptors (Lipinski definition) is 6. The largest absolute Gasteiger partial charge is 1.00 e. The average Bonchev–Trinajstić information content (AvgIpc) is 1.50. The predicted molar refractivity (Wildman–Crippen MR) is 31.2 cm³/mol. The van der Waals surface area contributed by atoms with Gasteiger partial charge in [0.1, 0.15) is 0 Å². The van der Waals surface area contributed by atoms with Gasteiger partial charge in [-0.2, -0.15) is 0 Å². The van der Waals surface area contributed by atoms with Gasteiger partial charge in [-0.15, -0.1) is 0 Å². The van der Waals surface area contributed by atoms with Crippen LogP contribution in [0, 0.1) is 0 Å². The van der Waals surface area contributed by atoms with E-state index >= 15 is 0 Å². The van der Waals surface area contributed by atoms with Gasteiger partial charge in [-0.3, -0.25) is 0 Å². The Kier molecular flexibility index (Phi) is 54.7. The Morgan fingerprint density at radius 3 is 1.06 bits per heavy atom. The van der Waals surface area contributed by atoms with E-state index in [1.807, 2.05) is 0 Å². The molecule has 0 radical (unpaired) electrons. The van der Waals surface area contributed by atoms with Crippen LogP contribution >= 0.6 is 7.82 Å². The van der Waals surface area contributed by atoms with Gasteiger partial charge in [0.05, 0.1) is 7.82 Å². The smallest absolute Gasteiger partial charge is 0.790 e. The Morgan fingerprint density at radius 2 is 1.06 bits per heavy atom. The van der Waals surface area contributed by atoms with Crippen LogP contribution < -0.4 is 169 Å². The second kappa shape index (κ2) is 23.8. The van der Waals surface area contributed by atoms with Gasteiger partial charge in [0, 0.05) is 5.97 Å². The number of carbonyl (C=O) groups excluding carboxylic acids is 1. The molecule has 0 rings (SSSR count). The molecule has 0 aliphatic carbocycles. The molecule has 9 nitrogen and oxygen atoms in total. The summed E-state index contributed by atoms with van der Waals surface area (Å²) < 4.78 is 8.66. The third kappa shape index (κ3) is 353. The van der Waals surface area contributed by atoms with Crippen LogP contribution in [0.1, 0.15) is 6.92 Å². The number of phosphoric acid groups is 1. The van der Waals surface area contributed by atoms with Crippen molar-refractivity contribution in [2.24, 2.45) is 0 Å². The van der Waals surface area contributed by atoms with Crippen LogP contribution in [-0.4, -0.2) is 27.2 Å². The number of rotatable bonds is 0. The van der Waals surface area contributed by atoms with Gasteiger partial charge in [0.25, 0.3) is 0 Å². The summed E-state index contributed by atoms with van der Waals surface area (Å²) in [5.41, 5.74) is 0. The fourth-order valence-corrected chi connectivity index (χ4v) is 0. The summed E-state index contributed by atoms with van der Waals surface area (Å²) in [5.74, 6) is -1.08. The van der Waals surface area contributed by atoms with Crippen LogP contribution in [0.2, 0.25) is 0 Å². The zero-order valence-electron chi connectivity index (χ0n) is 9.24. The number of carboxylic acid groups (broad SMARTS) is 3. The van der Waals surface area contributed by atoms with Gasteiger partial charge in [-0.25, -0.2) is 4.79 Å². The fraction of sp³-hybridized carbons (Fsp3) is 0.333. The SMILES string of the molecule is CC(=O)[O-].O=C(O)O.O=P([O-])([O-])O.[K+].[K+].[K+]. The minimum atomic E-state index is -5.14. The maximum absolute atomic E-state index is 8.89. The quantitative estimate of drug-likeness (QED) is 0.286. The van der Waals surface area contributed by atoms with Gasteiger partial charge < -0.3 is 39.4 Å². The van der Waals surface area contributed by atoms with Gasteiger partial charge in [0.15, 0.2) is 0 Å². The van der Waals surface area contributed by atoms with Crippen LogP contribution in [0.5, 0.6) is 0 Å². The van der Waals surface area contributed by atoms with E-state index in [1.54, 1.807) is 0 Å². The maximum Gasteiger partial charge on any atom is 1.00 e. The molecule has 0 spiro atoms. The summed E-state index contributed by atoms with van der Waals surface area (Å²) in [4.78, 5) is 41.7. The summed E-state index contributed by atoms with van der Waals surface area (Å²) in [6.45, 7) is 0.972. The predicted octanol–water partition coefficient (Wildman–Crippen LogP) is -12.2. The van der Waals surface area contributed by atoms with E-state index < -0.39 is 19.9 Å². The summed E-state index contributed by atoms with van der Waals surface area (Å²) in [6.07, 6.45) is -1.83. The molecule has 16 heavy (non-hydrogen) atoms. The fourth-order valence-electron chi connectivity index (χ4n) is 0. The van der Waals surface area contributed by atoms with Crippen molar-refractivity contribution in [2.75, 3.05) is 0 Å². The van der Waals surface area contributed by atoms with Crippen molar-refractivity contribution in [3.63, 3.8) is 0 Å². The number of carbonyl (C=O) groups is 2. The third-order valence-corrected chi connectivity index (χ3v) is 0. The molecule has 0 amide bonds. The summed E-state index contributed by atoms with van der Waals surface area (Å²) >= 11 is 0. The molecule has 0 aromatic carbocycles. The molecule has 0 aliphatic heterocycles. The summed E-state index contributed by atoms with van der Waals surface area (Å²) in [7, 11) is -5.14. The first-order valence-corrected chi connectivity index (χ1v) is 3.80. The first-order chi connectivity index (χ1) is 5.46. The molecule has 0 aromatic heterocycles. The average molecular weight is 334 g/mol. The second-order valence-corrected chi connectivity index (χ2v) is 2.18. The Morgan fingerprint density at radius 1 is 1.06 bits per heavy atom. The summed E-state index contributed by atoms with van der Waals surface area (Å²) in [6, 6.07) is 0. The topological polar surface area (TPSA) is 181 Å². The first kappa shape index (κ1) is 36.7. The van der Waals surface area contributed by atoms with Crippen molar-refractivity contribution in [2.45, 2.75) is 6.92 Å². The van der Waals surface area contributed by atoms with E-state index in [-0.39, 0.29) is 154 Å². The van der Waals surface area contributed by atoms with Crippen LogP contribution in [0.15, 0.2) is 0 Å². The van der Waals surface area contributed by atoms with Gasteiger partial charge in [-0.05, 0) is 6.92 Å². The molecule has 0 heterocycles. The molecule has 0 unspecified atom stereocenters. The van der Waals surface area contributed by atoms with Crippen molar-refractivity contribution < 1.29 is 198 Å². The van der Waals surface area contributed by atoms with Gasteiger partial charge >= 0.3 is 160 Å². The number of carboxylic acids is 1. The number of hydrogen-bond donors (Lipinski definition) is 3. The molecule has 0 saturated heterocycles. The Hall–Kier alpha value is 3.76. The van der Waals surface area contributed by atoms with E-state index in [2.05, 4.69) is 0 Å². The van der Waals surface area contributed by atoms with Gasteiger partial charge in [0.2, 0.25) is 0 Å². The Bertz CT molecular complexity index is 174. The van der Waals surface area contributed by atoms with E-state index in [4.69, 9.17) is 44.2 Å². The molecular formula is C3H6K3O9P. The zero-order valence-corrected chi connectivity index (χ0v) is 19.5. The molecule has 0 aromatic rings. The molecule has 0 atom stereocenters. The van der Waals surface area contributed by atoms with E-state index in [0.29, 0.717) is 0 Å². The first-order valence-electron chi connectivity index (χ1n) is 2.31. The zero-order chi connectivity index (χ0) is 11.7. The monoisotopic (exact) mass is 334 g/mol. The molecule has 0 aliphatic rings. The molecule has 0 fully saturated rings. The minimum Gasteiger partial charge on any atom is -0.790 e. The number of aliphatic carboxylic acids is 1. The van der Waals surface area contributed by atoms with Crippen LogP contribution in [0.25, 0.3) is 0 Å². The molecule has 80 valence electrons. The molecule has 0 bridgehead atoms. The van der Waals surface area contributed by atoms with Crippen LogP contribution in [-0.2, 0) is 9.36 Å². The molecule has 13 heteroatoms. The second-order valence-electron chi connectivity index (χ2n) is 1.24. The van der Waals surface area contributed by atoms with Crippen molar-refractivity contribution in [1.29, 1.82) is 0 Å². The Labute approximate surface area is 219 Å². The van der Waals surface area contributed by atoms with Gasteiger partial charge in [-0.1, -0.05) is 0 Å². The minimum absolute atomic E-state index is 0. The van der Waals surface area contributed by atoms with E-state index in [1.165, 1.54) is 0 Å². The van der Waals surface area contributed by atoms with E-state index in [0.717, 1.165) is 6.92 Å². The van der Waals surface area contributed by atoms with E-state index in [9.17, 15) is 0 Å². The maximum atomic E-state index is 8.89. The van der Waals surface area contributed by atoms with Crippen molar-refractivity contribution in [1.82, 2.24) is 0 Å². The Balaban J connectivity index is -0.0000000216. The molecule has 3 N–H and O–H groups in total. The van der Waals surface area contributed by atoms with Crippen molar-refractivity contribution in [3.8, 4) is 0 Å². The van der Waals surface area contributed by atoms with Crippen molar-refractivity contribution in [3.05, 3.63) is 0 Å². The molecule has 0 saturated carbocycles. The van der Waals surface area contributed by atoms with Crippen LogP contribution in [0.4, 0.5) is 4.79 Å². The standard InChI is InChI=1S/C2H4O2.CH2O3.3K.H3O4P/c1-2(3)4;2-1(3)4;;;;1-5(2,3)4/h1H3,(H,3,4);(H2,2,3,4);;;;(H3,1,2,3,4)/q;;3*+1;/p-3. The normalized spacial score (nSPS) is 6.75. The summed E-state index contributed by atoms with van der Waals surface area (Å²) in [5, 5.41) is 22.8. The third-order valence-electron chi connectivity index (χ3n) is 0. The molecular weight excluding hydrogens is 328 g/mol. The van der Waals surface area contributed by atoms with Crippen molar-refractivity contribution >= 4 is 19.9 Å². The van der Waals surface area contributed by atoms with Crippen LogP contribution in [0.3, 0.4) is 0 Å².